The van der Waals surface area contributed by atoms with Gasteiger partial charge in [-0.3, -0.25) is 4.79 Å². The van der Waals surface area contributed by atoms with Crippen molar-refractivity contribution in [2.45, 2.75) is 26.3 Å². The lowest BCUT2D eigenvalue weighted by molar-refractivity contribution is 0.0783. The van der Waals surface area contributed by atoms with Crippen LogP contribution in [0.4, 0.5) is 0 Å². The van der Waals surface area contributed by atoms with Crippen LogP contribution in [0.1, 0.15) is 35.9 Å². The third kappa shape index (κ3) is 5.47. The van der Waals surface area contributed by atoms with Crippen LogP contribution in [0.5, 0.6) is 0 Å². The summed E-state index contributed by atoms with van der Waals surface area (Å²) in [5, 5.41) is 0. The molecule has 1 fully saturated rings. The van der Waals surface area contributed by atoms with Crippen LogP contribution in [0.3, 0.4) is 0 Å². The van der Waals surface area contributed by atoms with E-state index in [1.807, 2.05) is 4.90 Å². The second kappa shape index (κ2) is 10.1. The molecule has 128 valence electrons. The van der Waals surface area contributed by atoms with E-state index >= 15 is 0 Å². The lowest BCUT2D eigenvalue weighted by Gasteiger charge is -2.20. The van der Waals surface area contributed by atoms with Crippen LogP contribution in [0.15, 0.2) is 16.7 Å². The number of hydrogen-bond donors (Lipinski definition) is 1. The minimum atomic E-state index is 0. The maximum Gasteiger partial charge on any atom is 0.257 e. The van der Waals surface area contributed by atoms with Gasteiger partial charge in [0.05, 0.1) is 12.1 Å². The average Bonchev–Trinajstić information content (AvgIpc) is 3.06. The van der Waals surface area contributed by atoms with Gasteiger partial charge in [0.15, 0.2) is 0 Å². The molecule has 1 unspecified atom stereocenters. The standard InChI is InChI=1S/C15H25N3O2.2ClH/c1-3-5-17(2)9-12-4-6-18(10-12)15(19)13-7-14(8-16)20-11-13;;/h7,11-12H,3-6,8-10,16H2,1-2H3;2*1H. The van der Waals surface area contributed by atoms with E-state index in [9.17, 15) is 4.79 Å². The van der Waals surface area contributed by atoms with Gasteiger partial charge in [0, 0.05) is 19.6 Å². The molecule has 7 heteroatoms. The predicted molar refractivity (Wildman–Crippen MR) is 92.9 cm³/mol. The molecular weight excluding hydrogens is 325 g/mol. The fourth-order valence-electron chi connectivity index (χ4n) is 2.86. The van der Waals surface area contributed by atoms with Gasteiger partial charge in [-0.2, -0.15) is 0 Å². The lowest BCUT2D eigenvalue weighted by atomic mass is 10.1. The van der Waals surface area contributed by atoms with E-state index in [-0.39, 0.29) is 30.7 Å². The Morgan fingerprint density at radius 3 is 2.82 bits per heavy atom. The van der Waals surface area contributed by atoms with E-state index in [1.165, 1.54) is 12.7 Å². The van der Waals surface area contributed by atoms with E-state index < -0.39 is 0 Å². The molecule has 2 rings (SSSR count). The Kier molecular flexibility index (Phi) is 9.76. The first-order valence-electron chi connectivity index (χ1n) is 7.39. The second-order valence-electron chi connectivity index (χ2n) is 5.67. The number of amides is 1. The predicted octanol–water partition coefficient (Wildman–Crippen LogP) is 2.39. The van der Waals surface area contributed by atoms with Crippen molar-refractivity contribution in [3.05, 3.63) is 23.7 Å². The Labute approximate surface area is 145 Å². The molecule has 1 aromatic rings. The molecule has 0 bridgehead atoms. The van der Waals surface area contributed by atoms with Gasteiger partial charge in [0.2, 0.25) is 0 Å². The number of carbonyl (C=O) groups is 1. The zero-order chi connectivity index (χ0) is 14.5. The molecular formula is C15H27Cl2N3O2. The van der Waals surface area contributed by atoms with Crippen molar-refractivity contribution in [2.24, 2.45) is 11.7 Å². The quantitative estimate of drug-likeness (QED) is 0.854. The number of nitrogens with two attached hydrogens (primary N) is 1. The molecule has 1 aromatic heterocycles. The fourth-order valence-corrected chi connectivity index (χ4v) is 2.86. The highest BCUT2D eigenvalue weighted by Crippen LogP contribution is 2.20. The first kappa shape index (κ1) is 21.2. The van der Waals surface area contributed by atoms with Crippen LogP contribution in [0.2, 0.25) is 0 Å². The Balaban J connectivity index is 0.00000220. The third-order valence-corrected chi connectivity index (χ3v) is 3.85. The van der Waals surface area contributed by atoms with Gasteiger partial charge < -0.3 is 20.0 Å². The molecule has 1 amide bonds. The summed E-state index contributed by atoms with van der Waals surface area (Å²) in [5.41, 5.74) is 6.12. The van der Waals surface area contributed by atoms with Crippen LogP contribution < -0.4 is 5.73 Å². The minimum Gasteiger partial charge on any atom is -0.467 e. The van der Waals surface area contributed by atoms with E-state index in [1.54, 1.807) is 6.07 Å². The molecule has 5 nitrogen and oxygen atoms in total. The summed E-state index contributed by atoms with van der Waals surface area (Å²) in [5.74, 6) is 1.30. The van der Waals surface area contributed by atoms with Crippen molar-refractivity contribution in [2.75, 3.05) is 33.2 Å². The van der Waals surface area contributed by atoms with Crippen LogP contribution >= 0.6 is 24.8 Å². The Morgan fingerprint density at radius 1 is 1.50 bits per heavy atom. The van der Waals surface area contributed by atoms with Crippen molar-refractivity contribution in [3.8, 4) is 0 Å². The lowest BCUT2D eigenvalue weighted by Crippen LogP contribution is -2.31. The van der Waals surface area contributed by atoms with Crippen molar-refractivity contribution in [1.29, 1.82) is 0 Å². The van der Waals surface area contributed by atoms with Crippen molar-refractivity contribution in [3.63, 3.8) is 0 Å². The SMILES string of the molecule is CCCN(C)CC1CCN(C(=O)c2coc(CN)c2)C1.Cl.Cl. The van der Waals surface area contributed by atoms with E-state index in [2.05, 4.69) is 18.9 Å². The fraction of sp³-hybridized carbons (Fsp3) is 0.667. The molecule has 0 aliphatic carbocycles. The summed E-state index contributed by atoms with van der Waals surface area (Å²) < 4.78 is 5.24. The van der Waals surface area contributed by atoms with Crippen LogP contribution in [0, 0.1) is 5.92 Å². The highest BCUT2D eigenvalue weighted by atomic mass is 35.5. The number of carbonyl (C=O) groups excluding carboxylic acids is 1. The molecule has 1 saturated heterocycles. The Bertz CT molecular complexity index is 454. The normalized spacial score (nSPS) is 17.3. The number of likely N-dealkylation sites (tertiary alicyclic amines) is 1. The van der Waals surface area contributed by atoms with Gasteiger partial charge in [-0.05, 0) is 38.4 Å². The third-order valence-electron chi connectivity index (χ3n) is 3.85. The summed E-state index contributed by atoms with van der Waals surface area (Å²) in [6, 6.07) is 1.75. The highest BCUT2D eigenvalue weighted by Gasteiger charge is 2.28. The Morgan fingerprint density at radius 2 is 2.23 bits per heavy atom. The average molecular weight is 352 g/mol. The maximum absolute atomic E-state index is 12.3. The summed E-state index contributed by atoms with van der Waals surface area (Å²) >= 11 is 0. The smallest absolute Gasteiger partial charge is 0.257 e. The molecule has 2 N–H and O–H groups in total. The number of furan rings is 1. The zero-order valence-corrected chi connectivity index (χ0v) is 14.9. The molecule has 0 radical (unpaired) electrons. The van der Waals surface area contributed by atoms with E-state index in [4.69, 9.17) is 10.2 Å². The van der Waals surface area contributed by atoms with Gasteiger partial charge in [-0.15, -0.1) is 24.8 Å². The minimum absolute atomic E-state index is 0. The molecule has 1 atom stereocenters. The molecule has 0 aromatic carbocycles. The Hall–Kier alpha value is -0.750. The highest BCUT2D eigenvalue weighted by molar-refractivity contribution is 5.94. The van der Waals surface area contributed by atoms with Gasteiger partial charge in [0.1, 0.15) is 12.0 Å². The molecule has 2 heterocycles. The monoisotopic (exact) mass is 351 g/mol. The van der Waals surface area contributed by atoms with E-state index in [0.29, 0.717) is 23.8 Å². The second-order valence-corrected chi connectivity index (χ2v) is 5.67. The zero-order valence-electron chi connectivity index (χ0n) is 13.3. The van der Waals surface area contributed by atoms with Crippen molar-refractivity contribution >= 4 is 30.7 Å². The molecule has 0 spiro atoms. The van der Waals surface area contributed by atoms with Gasteiger partial charge in [0.25, 0.3) is 5.91 Å². The van der Waals surface area contributed by atoms with Gasteiger partial charge in [-0.1, -0.05) is 6.92 Å². The number of halogens is 2. The largest absolute Gasteiger partial charge is 0.467 e. The maximum atomic E-state index is 12.3. The first-order chi connectivity index (χ1) is 9.63. The molecule has 1 aliphatic heterocycles. The van der Waals surface area contributed by atoms with E-state index in [0.717, 1.165) is 32.6 Å². The number of rotatable bonds is 6. The van der Waals surface area contributed by atoms with Crippen molar-refractivity contribution in [1.82, 2.24) is 9.80 Å². The summed E-state index contributed by atoms with van der Waals surface area (Å²) in [6.07, 6.45) is 3.77. The topological polar surface area (TPSA) is 62.7 Å². The van der Waals surface area contributed by atoms with Crippen LogP contribution in [-0.4, -0.2) is 48.9 Å². The summed E-state index contributed by atoms with van der Waals surface area (Å²) in [7, 11) is 2.15. The number of hydrogen-bond acceptors (Lipinski definition) is 4. The first-order valence-corrected chi connectivity index (χ1v) is 7.39. The van der Waals surface area contributed by atoms with Crippen LogP contribution in [-0.2, 0) is 6.54 Å². The molecule has 1 aliphatic rings. The number of nitrogens with zero attached hydrogens (tertiary/aromatic N) is 2. The van der Waals surface area contributed by atoms with Gasteiger partial charge >= 0.3 is 0 Å². The molecule has 0 saturated carbocycles. The van der Waals surface area contributed by atoms with Gasteiger partial charge in [-0.25, -0.2) is 0 Å². The van der Waals surface area contributed by atoms with Crippen LogP contribution in [0.25, 0.3) is 0 Å². The van der Waals surface area contributed by atoms with Crippen molar-refractivity contribution < 1.29 is 9.21 Å². The summed E-state index contributed by atoms with van der Waals surface area (Å²) in [4.78, 5) is 16.6. The molecule has 22 heavy (non-hydrogen) atoms. The summed E-state index contributed by atoms with van der Waals surface area (Å²) in [6.45, 7) is 6.39.